The number of carbonyl (C=O) groups is 2. The molecule has 0 spiro atoms. The minimum Gasteiger partial charge on any atom is -0.440 e. The molecule has 1 amide bonds. The molecule has 5 rings (SSSR count). The maximum absolute atomic E-state index is 13.5. The Kier molecular flexibility index (Phi) is 7.70. The van der Waals surface area contributed by atoms with Crippen LogP contribution in [0.5, 0.6) is 0 Å². The van der Waals surface area contributed by atoms with Crippen LogP contribution in [0.25, 0.3) is 22.5 Å². The summed E-state index contributed by atoms with van der Waals surface area (Å²) in [7, 11) is 1.60. The lowest BCUT2D eigenvalue weighted by atomic mass is 9.93. The topological polar surface area (TPSA) is 158 Å². The normalized spacial score (nSPS) is 12.4. The number of rotatable bonds is 10. The standard InChI is InChI=1S/C30H31N7O5/c1-17(2)23(34-22(38)16-37-25(18-11-7-6-8-12-18)32-15-20(31-5)27(37)40)24(39)26-35-36-29(42-26)30(3,4)28-33-19-13-9-10-14-21(19)41-28/h6-15,17,23,31H,16H2,1-5H3,(H,34,38)/t23-/m0/s1. The van der Waals surface area contributed by atoms with E-state index in [1.54, 1.807) is 46.9 Å². The third kappa shape index (κ3) is 5.42. The Morgan fingerprint density at radius 1 is 0.976 bits per heavy atom. The molecule has 0 aliphatic carbocycles. The van der Waals surface area contributed by atoms with E-state index in [0.29, 0.717) is 28.4 Å². The molecule has 0 bridgehead atoms. The molecule has 0 aliphatic rings. The van der Waals surface area contributed by atoms with Crippen LogP contribution in [-0.4, -0.2) is 49.5 Å². The highest BCUT2D eigenvalue weighted by Gasteiger charge is 2.37. The summed E-state index contributed by atoms with van der Waals surface area (Å²) >= 11 is 0. The molecule has 0 unspecified atom stereocenters. The van der Waals surface area contributed by atoms with Gasteiger partial charge in [0.2, 0.25) is 23.5 Å². The molecule has 1 atom stereocenters. The van der Waals surface area contributed by atoms with Gasteiger partial charge in [0.15, 0.2) is 5.58 Å². The van der Waals surface area contributed by atoms with Crippen molar-refractivity contribution in [1.82, 2.24) is 30.0 Å². The molecule has 0 saturated carbocycles. The third-order valence-corrected chi connectivity index (χ3v) is 6.91. The summed E-state index contributed by atoms with van der Waals surface area (Å²) in [6, 6.07) is 15.4. The van der Waals surface area contributed by atoms with Crippen LogP contribution in [0.2, 0.25) is 0 Å². The van der Waals surface area contributed by atoms with Crippen LogP contribution in [0.1, 0.15) is 50.2 Å². The number of aromatic nitrogens is 5. The molecule has 0 radical (unpaired) electrons. The SMILES string of the molecule is CNc1cnc(-c2ccccc2)n(CC(=O)N[C@H](C(=O)c2nnc(C(C)(C)c3nc4ccccc4o3)o2)C(C)C)c1=O. The monoisotopic (exact) mass is 569 g/mol. The highest BCUT2D eigenvalue weighted by molar-refractivity contribution is 5.98. The predicted octanol–water partition coefficient (Wildman–Crippen LogP) is 3.83. The van der Waals surface area contributed by atoms with Gasteiger partial charge < -0.3 is 19.5 Å². The first-order valence-electron chi connectivity index (χ1n) is 13.5. The first kappa shape index (κ1) is 28.4. The zero-order valence-electron chi connectivity index (χ0n) is 23.9. The number of anilines is 1. The number of para-hydroxylation sites is 2. The van der Waals surface area contributed by atoms with E-state index in [0.717, 1.165) is 0 Å². The van der Waals surface area contributed by atoms with Crippen LogP contribution in [0.4, 0.5) is 5.69 Å². The lowest BCUT2D eigenvalue weighted by molar-refractivity contribution is -0.122. The summed E-state index contributed by atoms with van der Waals surface area (Å²) in [6.45, 7) is 6.81. The number of nitrogens with one attached hydrogen (secondary N) is 2. The Labute approximate surface area is 241 Å². The van der Waals surface area contributed by atoms with E-state index in [9.17, 15) is 14.4 Å². The maximum Gasteiger partial charge on any atom is 0.286 e. The summed E-state index contributed by atoms with van der Waals surface area (Å²) in [6.07, 6.45) is 1.43. The average molecular weight is 570 g/mol. The van der Waals surface area contributed by atoms with Crippen LogP contribution < -0.4 is 16.2 Å². The quantitative estimate of drug-likeness (QED) is 0.237. The zero-order valence-corrected chi connectivity index (χ0v) is 23.9. The number of hydrogen-bond donors (Lipinski definition) is 2. The molecular formula is C30H31N7O5. The number of carbonyl (C=O) groups excluding carboxylic acids is 2. The first-order valence-corrected chi connectivity index (χ1v) is 13.5. The molecule has 2 N–H and O–H groups in total. The molecule has 42 heavy (non-hydrogen) atoms. The maximum atomic E-state index is 13.5. The second-order valence-corrected chi connectivity index (χ2v) is 10.7. The average Bonchev–Trinajstić information content (AvgIpc) is 3.66. The van der Waals surface area contributed by atoms with E-state index in [1.165, 1.54) is 10.8 Å². The minimum atomic E-state index is -0.991. The van der Waals surface area contributed by atoms with E-state index >= 15 is 0 Å². The van der Waals surface area contributed by atoms with Crippen molar-refractivity contribution in [3.05, 3.63) is 88.8 Å². The second kappa shape index (κ2) is 11.4. The molecule has 0 aliphatic heterocycles. The number of Topliss-reactive ketones (excluding diaryl/α,β-unsaturated/α-hetero) is 1. The van der Waals surface area contributed by atoms with Crippen LogP contribution in [0.15, 0.2) is 74.4 Å². The molecule has 2 aromatic carbocycles. The predicted molar refractivity (Wildman–Crippen MR) is 155 cm³/mol. The Morgan fingerprint density at radius 2 is 1.69 bits per heavy atom. The van der Waals surface area contributed by atoms with Crippen LogP contribution in [0.3, 0.4) is 0 Å². The highest BCUT2D eigenvalue weighted by atomic mass is 16.4. The number of benzene rings is 2. The Hall–Kier alpha value is -5.13. The van der Waals surface area contributed by atoms with E-state index in [1.807, 2.05) is 42.5 Å². The van der Waals surface area contributed by atoms with Gasteiger partial charge >= 0.3 is 0 Å². The van der Waals surface area contributed by atoms with Gasteiger partial charge in [0, 0.05) is 12.6 Å². The van der Waals surface area contributed by atoms with Gasteiger partial charge in [0.1, 0.15) is 29.0 Å². The summed E-state index contributed by atoms with van der Waals surface area (Å²) < 4.78 is 13.0. The van der Waals surface area contributed by atoms with Crippen molar-refractivity contribution in [3.63, 3.8) is 0 Å². The number of fused-ring (bicyclic) bond motifs is 1. The number of ketones is 1. The second-order valence-electron chi connectivity index (χ2n) is 10.7. The van der Waals surface area contributed by atoms with Crippen molar-refractivity contribution in [1.29, 1.82) is 0 Å². The summed E-state index contributed by atoms with van der Waals surface area (Å²) in [5.41, 5.74) is 0.853. The summed E-state index contributed by atoms with van der Waals surface area (Å²) in [5.74, 6) is -0.864. The molecule has 12 nitrogen and oxygen atoms in total. The van der Waals surface area contributed by atoms with Gasteiger partial charge in [-0.1, -0.05) is 56.3 Å². The Morgan fingerprint density at radius 3 is 2.38 bits per heavy atom. The van der Waals surface area contributed by atoms with E-state index in [4.69, 9.17) is 8.83 Å². The molecule has 216 valence electrons. The van der Waals surface area contributed by atoms with Crippen LogP contribution >= 0.6 is 0 Å². The third-order valence-electron chi connectivity index (χ3n) is 6.91. The molecule has 12 heteroatoms. The number of hydrogen-bond acceptors (Lipinski definition) is 10. The van der Waals surface area contributed by atoms with E-state index in [2.05, 4.69) is 30.8 Å². The summed E-state index contributed by atoms with van der Waals surface area (Å²) in [5, 5.41) is 13.6. The van der Waals surface area contributed by atoms with Gasteiger partial charge in [-0.05, 0) is 31.9 Å². The fourth-order valence-electron chi connectivity index (χ4n) is 4.47. The number of oxazole rings is 1. The zero-order chi connectivity index (χ0) is 30.0. The lowest BCUT2D eigenvalue weighted by Gasteiger charge is -2.21. The first-order chi connectivity index (χ1) is 20.1. The highest BCUT2D eigenvalue weighted by Crippen LogP contribution is 2.32. The van der Waals surface area contributed by atoms with Crippen molar-refractivity contribution >= 4 is 28.5 Å². The van der Waals surface area contributed by atoms with Gasteiger partial charge in [-0.15, -0.1) is 10.2 Å². The van der Waals surface area contributed by atoms with Gasteiger partial charge in [0.05, 0.1) is 12.2 Å². The smallest absolute Gasteiger partial charge is 0.286 e. The van der Waals surface area contributed by atoms with Crippen molar-refractivity contribution in [3.8, 4) is 11.4 Å². The number of amides is 1. The molecule has 5 aromatic rings. The van der Waals surface area contributed by atoms with Crippen molar-refractivity contribution < 1.29 is 18.4 Å². The molecule has 3 aromatic heterocycles. The van der Waals surface area contributed by atoms with Crippen LogP contribution in [0, 0.1) is 5.92 Å². The molecule has 3 heterocycles. The van der Waals surface area contributed by atoms with E-state index in [-0.39, 0.29) is 29.9 Å². The molecular weight excluding hydrogens is 538 g/mol. The Balaban J connectivity index is 1.38. The van der Waals surface area contributed by atoms with Crippen molar-refractivity contribution in [2.24, 2.45) is 5.92 Å². The van der Waals surface area contributed by atoms with Gasteiger partial charge in [-0.2, -0.15) is 0 Å². The van der Waals surface area contributed by atoms with Crippen LogP contribution in [-0.2, 0) is 16.8 Å². The Bertz CT molecular complexity index is 1770. The molecule has 0 saturated heterocycles. The largest absolute Gasteiger partial charge is 0.440 e. The fraction of sp³-hybridized carbons (Fsp3) is 0.300. The van der Waals surface area contributed by atoms with Gasteiger partial charge in [-0.25, -0.2) is 9.97 Å². The molecule has 0 fully saturated rings. The van der Waals surface area contributed by atoms with Gasteiger partial charge in [0.25, 0.3) is 11.4 Å². The number of nitrogens with zero attached hydrogens (tertiary/aromatic N) is 5. The summed E-state index contributed by atoms with van der Waals surface area (Å²) in [4.78, 5) is 48.9. The van der Waals surface area contributed by atoms with E-state index < -0.39 is 28.7 Å². The minimum absolute atomic E-state index is 0.139. The fourth-order valence-corrected chi connectivity index (χ4v) is 4.47. The van der Waals surface area contributed by atoms with Crippen molar-refractivity contribution in [2.75, 3.05) is 12.4 Å². The van der Waals surface area contributed by atoms with Crippen molar-refractivity contribution in [2.45, 2.75) is 45.7 Å². The van der Waals surface area contributed by atoms with Gasteiger partial charge in [-0.3, -0.25) is 19.0 Å². The lowest BCUT2D eigenvalue weighted by Crippen LogP contribution is -2.46.